The average molecular weight is 204 g/mol. The van der Waals surface area contributed by atoms with Crippen molar-refractivity contribution in [2.45, 2.75) is 39.0 Å². The number of hydrogen-bond acceptors (Lipinski definition) is 4. The predicted octanol–water partition coefficient (Wildman–Crippen LogP) is 1.67. The molecule has 5 heteroatoms. The van der Waals surface area contributed by atoms with Gasteiger partial charge in [-0.15, -0.1) is 0 Å². The fourth-order valence-corrected chi connectivity index (χ4v) is 1.23. The molecule has 5 nitrogen and oxygen atoms in total. The smallest absolute Gasteiger partial charge is 0.345 e. The maximum atomic E-state index is 10.9. The third-order valence-corrected chi connectivity index (χ3v) is 2.11. The number of carbonyl (C=O) groups is 2. The third-order valence-electron chi connectivity index (χ3n) is 2.11. The summed E-state index contributed by atoms with van der Waals surface area (Å²) in [7, 11) is 0. The summed E-state index contributed by atoms with van der Waals surface area (Å²) in [6.45, 7) is 1.82. The first-order chi connectivity index (χ1) is 6.61. The molecule has 0 aromatic heterocycles. The van der Waals surface area contributed by atoms with E-state index in [0.717, 1.165) is 0 Å². The number of aliphatic carboxylic acids is 1. The van der Waals surface area contributed by atoms with Crippen LogP contribution in [0.4, 0.5) is 0 Å². The largest absolute Gasteiger partial charge is 0.481 e. The van der Waals surface area contributed by atoms with Crippen LogP contribution in [0.3, 0.4) is 0 Å². The number of carbonyl (C=O) groups excluding carboxylic acids is 1. The van der Waals surface area contributed by atoms with Gasteiger partial charge >= 0.3 is 11.9 Å². The van der Waals surface area contributed by atoms with E-state index in [1.54, 1.807) is 0 Å². The molecule has 0 rings (SSSR count). The molecule has 0 aliphatic carbocycles. The quantitative estimate of drug-likeness (QED) is 0.374. The highest BCUT2D eigenvalue weighted by molar-refractivity contribution is 5.71. The number of rotatable bonds is 7. The van der Waals surface area contributed by atoms with Gasteiger partial charge in [0.15, 0.2) is 0 Å². The molecule has 1 atom stereocenters. The number of carboxylic acid groups (broad SMARTS) is 1. The van der Waals surface area contributed by atoms with Crippen LogP contribution in [-0.2, 0) is 14.5 Å². The van der Waals surface area contributed by atoms with Crippen molar-refractivity contribution in [3.63, 3.8) is 0 Å². The number of hydrogen-bond donors (Lipinski definition) is 2. The van der Waals surface area contributed by atoms with Gasteiger partial charge in [-0.25, -0.2) is 4.79 Å². The molecule has 82 valence electrons. The lowest BCUT2D eigenvalue weighted by molar-refractivity contribution is -0.239. The van der Waals surface area contributed by atoms with E-state index in [4.69, 9.17) is 10.4 Å². The summed E-state index contributed by atoms with van der Waals surface area (Å²) in [5.74, 6) is -1.79. The van der Waals surface area contributed by atoms with E-state index in [-0.39, 0.29) is 12.3 Å². The Morgan fingerprint density at radius 2 is 2.00 bits per heavy atom. The van der Waals surface area contributed by atoms with Crippen LogP contribution in [0.15, 0.2) is 0 Å². The van der Waals surface area contributed by atoms with E-state index in [1.165, 1.54) is 0 Å². The second-order valence-corrected chi connectivity index (χ2v) is 3.16. The van der Waals surface area contributed by atoms with Gasteiger partial charge in [-0.05, 0) is 19.3 Å². The zero-order valence-corrected chi connectivity index (χ0v) is 8.23. The molecule has 0 spiro atoms. The molecule has 0 fully saturated rings. The summed E-state index contributed by atoms with van der Waals surface area (Å²) in [6, 6.07) is 0. The van der Waals surface area contributed by atoms with Gasteiger partial charge in [-0.3, -0.25) is 4.79 Å². The molecule has 0 aliphatic rings. The number of carboxylic acids is 1. The van der Waals surface area contributed by atoms with E-state index in [1.807, 2.05) is 6.92 Å². The first-order valence-corrected chi connectivity index (χ1v) is 4.68. The van der Waals surface area contributed by atoms with Gasteiger partial charge in [0.2, 0.25) is 0 Å². The van der Waals surface area contributed by atoms with Crippen molar-refractivity contribution in [3.8, 4) is 0 Å². The first kappa shape index (κ1) is 12.9. The van der Waals surface area contributed by atoms with Gasteiger partial charge in [0.1, 0.15) is 0 Å². The zero-order valence-electron chi connectivity index (χ0n) is 8.23. The topological polar surface area (TPSA) is 83.8 Å². The Labute approximate surface area is 82.6 Å². The summed E-state index contributed by atoms with van der Waals surface area (Å²) in [5, 5.41) is 16.5. The Kier molecular flexibility index (Phi) is 6.74. The summed E-state index contributed by atoms with van der Waals surface area (Å²) in [5.41, 5.74) is 0. The van der Waals surface area contributed by atoms with Crippen LogP contribution in [0.1, 0.15) is 39.0 Å². The monoisotopic (exact) mass is 204 g/mol. The molecule has 0 saturated carbocycles. The fraction of sp³-hybridized carbons (Fsp3) is 0.778. The van der Waals surface area contributed by atoms with Gasteiger partial charge < -0.3 is 9.99 Å². The molecule has 0 heterocycles. The van der Waals surface area contributed by atoms with Crippen LogP contribution in [0.5, 0.6) is 0 Å². The minimum atomic E-state index is -0.831. The maximum absolute atomic E-state index is 10.9. The summed E-state index contributed by atoms with van der Waals surface area (Å²) in [4.78, 5) is 24.7. The molecule has 0 saturated heterocycles. The summed E-state index contributed by atoms with van der Waals surface area (Å²) >= 11 is 0. The molecule has 2 N–H and O–H groups in total. The minimum Gasteiger partial charge on any atom is -0.481 e. The Bertz CT molecular complexity index is 190. The Morgan fingerprint density at radius 1 is 1.36 bits per heavy atom. The molecule has 1 unspecified atom stereocenters. The van der Waals surface area contributed by atoms with Gasteiger partial charge in [0.25, 0.3) is 0 Å². The van der Waals surface area contributed by atoms with E-state index in [2.05, 4.69) is 4.89 Å². The van der Waals surface area contributed by atoms with Crippen LogP contribution in [0.2, 0.25) is 0 Å². The van der Waals surface area contributed by atoms with Gasteiger partial charge in [0, 0.05) is 6.42 Å². The van der Waals surface area contributed by atoms with Crippen molar-refractivity contribution in [2.75, 3.05) is 0 Å². The fourth-order valence-electron chi connectivity index (χ4n) is 1.23. The standard InChI is InChI=1S/C9H16O5/c1-2-7(9(12)14-13)5-3-4-6-8(10)11/h7,13H,2-6H2,1H3,(H,10,11). The van der Waals surface area contributed by atoms with Crippen LogP contribution in [0, 0.1) is 5.92 Å². The van der Waals surface area contributed by atoms with Crippen molar-refractivity contribution >= 4 is 11.9 Å². The van der Waals surface area contributed by atoms with Crippen molar-refractivity contribution in [1.82, 2.24) is 0 Å². The lowest BCUT2D eigenvalue weighted by Gasteiger charge is -2.09. The highest BCUT2D eigenvalue weighted by atomic mass is 17.1. The minimum absolute atomic E-state index is 0.116. The summed E-state index contributed by atoms with van der Waals surface area (Å²) in [6.07, 6.45) is 2.46. The van der Waals surface area contributed by atoms with Gasteiger partial charge in [-0.1, -0.05) is 13.3 Å². The van der Waals surface area contributed by atoms with Gasteiger partial charge in [-0.2, -0.15) is 5.26 Å². The summed E-state index contributed by atoms with van der Waals surface area (Å²) < 4.78 is 0. The van der Waals surface area contributed by atoms with E-state index in [9.17, 15) is 9.59 Å². The van der Waals surface area contributed by atoms with Crippen LogP contribution in [-0.4, -0.2) is 22.3 Å². The van der Waals surface area contributed by atoms with Crippen molar-refractivity contribution in [2.24, 2.45) is 5.92 Å². The van der Waals surface area contributed by atoms with Crippen molar-refractivity contribution < 1.29 is 24.8 Å². The Balaban J connectivity index is 3.63. The van der Waals surface area contributed by atoms with Crippen LogP contribution in [0.25, 0.3) is 0 Å². The average Bonchev–Trinajstić information content (AvgIpc) is 2.16. The Morgan fingerprint density at radius 3 is 2.43 bits per heavy atom. The molecule has 0 amide bonds. The van der Waals surface area contributed by atoms with E-state index in [0.29, 0.717) is 25.7 Å². The Hall–Kier alpha value is -1.10. The molecule has 0 bridgehead atoms. The molecular weight excluding hydrogens is 188 g/mol. The molecule has 14 heavy (non-hydrogen) atoms. The zero-order chi connectivity index (χ0) is 11.0. The first-order valence-electron chi connectivity index (χ1n) is 4.68. The second kappa shape index (κ2) is 7.32. The highest BCUT2D eigenvalue weighted by Crippen LogP contribution is 2.14. The lowest BCUT2D eigenvalue weighted by Crippen LogP contribution is -2.15. The van der Waals surface area contributed by atoms with Gasteiger partial charge in [0.05, 0.1) is 5.92 Å². The molecule has 0 radical (unpaired) electrons. The predicted molar refractivity (Wildman–Crippen MR) is 48.6 cm³/mol. The lowest BCUT2D eigenvalue weighted by atomic mass is 9.99. The second-order valence-electron chi connectivity index (χ2n) is 3.16. The highest BCUT2D eigenvalue weighted by Gasteiger charge is 2.17. The van der Waals surface area contributed by atoms with E-state index < -0.39 is 11.9 Å². The van der Waals surface area contributed by atoms with Crippen molar-refractivity contribution in [1.29, 1.82) is 0 Å². The number of unbranched alkanes of at least 4 members (excludes halogenated alkanes) is 1. The molecule has 0 aliphatic heterocycles. The normalized spacial score (nSPS) is 12.1. The van der Waals surface area contributed by atoms with Crippen LogP contribution >= 0.6 is 0 Å². The van der Waals surface area contributed by atoms with Crippen molar-refractivity contribution in [3.05, 3.63) is 0 Å². The van der Waals surface area contributed by atoms with E-state index >= 15 is 0 Å². The SMILES string of the molecule is CCC(CCCCC(=O)O)C(=O)OO. The molecular formula is C9H16O5. The van der Waals surface area contributed by atoms with Crippen LogP contribution < -0.4 is 0 Å². The molecule has 0 aromatic carbocycles. The maximum Gasteiger partial charge on any atom is 0.345 e. The molecule has 0 aromatic rings. The third kappa shape index (κ3) is 5.53.